The molecule has 24 heavy (non-hydrogen) atoms. The van der Waals surface area contributed by atoms with Crippen molar-refractivity contribution in [1.82, 2.24) is 24.6 Å². The lowest BCUT2D eigenvalue weighted by atomic mass is 9.95. The predicted molar refractivity (Wildman–Crippen MR) is 93.4 cm³/mol. The van der Waals surface area contributed by atoms with Gasteiger partial charge in [0.2, 0.25) is 5.91 Å². The van der Waals surface area contributed by atoms with Crippen LogP contribution >= 0.6 is 0 Å². The van der Waals surface area contributed by atoms with E-state index in [4.69, 9.17) is 0 Å². The summed E-state index contributed by atoms with van der Waals surface area (Å²) < 4.78 is 1.79. The van der Waals surface area contributed by atoms with Crippen LogP contribution < -0.4 is 0 Å². The Morgan fingerprint density at radius 1 is 1.25 bits per heavy atom. The van der Waals surface area contributed by atoms with E-state index in [9.17, 15) is 4.79 Å². The van der Waals surface area contributed by atoms with Gasteiger partial charge in [0.1, 0.15) is 12.7 Å². The van der Waals surface area contributed by atoms with Crippen LogP contribution in [0.2, 0.25) is 0 Å². The second-order valence-corrected chi connectivity index (χ2v) is 7.39. The van der Waals surface area contributed by atoms with Gasteiger partial charge in [-0.2, -0.15) is 5.10 Å². The highest BCUT2D eigenvalue weighted by molar-refractivity contribution is 5.76. The smallest absolute Gasteiger partial charge is 0.222 e. The van der Waals surface area contributed by atoms with E-state index in [1.54, 1.807) is 11.0 Å². The van der Waals surface area contributed by atoms with E-state index in [2.05, 4.69) is 39.8 Å². The molecule has 3 aliphatic heterocycles. The second-order valence-electron chi connectivity index (χ2n) is 7.39. The molecule has 0 spiro atoms. The average molecular weight is 331 g/mol. The quantitative estimate of drug-likeness (QED) is 0.748. The number of rotatable bonds is 6. The zero-order valence-corrected chi connectivity index (χ0v) is 14.9. The maximum Gasteiger partial charge on any atom is 0.222 e. The van der Waals surface area contributed by atoms with Gasteiger partial charge in [-0.15, -0.1) is 0 Å². The van der Waals surface area contributed by atoms with Gasteiger partial charge in [0.05, 0.1) is 0 Å². The van der Waals surface area contributed by atoms with Crippen LogP contribution in [0.15, 0.2) is 24.3 Å². The Morgan fingerprint density at radius 2 is 2.12 bits per heavy atom. The fourth-order valence-electron chi connectivity index (χ4n) is 3.80. The molecule has 0 aromatic carbocycles. The monoisotopic (exact) mass is 331 g/mol. The van der Waals surface area contributed by atoms with E-state index in [0.29, 0.717) is 24.3 Å². The summed E-state index contributed by atoms with van der Waals surface area (Å²) in [6.45, 7) is 9.06. The van der Waals surface area contributed by atoms with Crippen LogP contribution in [0.3, 0.4) is 0 Å². The van der Waals surface area contributed by atoms with Crippen molar-refractivity contribution in [2.45, 2.75) is 52.1 Å². The average Bonchev–Trinajstić information content (AvgIpc) is 2.90. The molecule has 3 aliphatic rings. The summed E-state index contributed by atoms with van der Waals surface area (Å²) in [5.41, 5.74) is 1.37. The molecule has 4 heterocycles. The third-order valence-electron chi connectivity index (χ3n) is 5.16. The van der Waals surface area contributed by atoms with Gasteiger partial charge in [-0.05, 0) is 39.0 Å². The lowest BCUT2D eigenvalue weighted by molar-refractivity contribution is -0.131. The molecule has 0 N–H and O–H groups in total. The molecule has 1 amide bonds. The number of piperidine rings is 1. The molecule has 1 aromatic rings. The van der Waals surface area contributed by atoms with Gasteiger partial charge >= 0.3 is 0 Å². The fourth-order valence-corrected chi connectivity index (χ4v) is 3.80. The highest BCUT2D eigenvalue weighted by atomic mass is 16.2. The maximum absolute atomic E-state index is 12.6. The molecule has 6 nitrogen and oxygen atoms in total. The molecule has 0 unspecified atom stereocenters. The van der Waals surface area contributed by atoms with Gasteiger partial charge in [-0.3, -0.25) is 14.4 Å². The summed E-state index contributed by atoms with van der Waals surface area (Å²) in [5.74, 6) is 0.935. The van der Waals surface area contributed by atoms with Gasteiger partial charge < -0.3 is 4.90 Å². The van der Waals surface area contributed by atoms with Crippen molar-refractivity contribution < 1.29 is 4.79 Å². The number of fused-ring (bicyclic) bond motifs is 4. The first kappa shape index (κ1) is 17.1. The third kappa shape index (κ3) is 4.44. The van der Waals surface area contributed by atoms with Crippen LogP contribution in [-0.4, -0.2) is 62.7 Å². The van der Waals surface area contributed by atoms with Crippen molar-refractivity contribution in [3.63, 3.8) is 0 Å². The molecule has 2 bridgehead atoms. The predicted octanol–water partition coefficient (Wildman–Crippen LogP) is 1.95. The maximum atomic E-state index is 12.6. The van der Waals surface area contributed by atoms with Crippen LogP contribution in [-0.2, 0) is 11.3 Å². The van der Waals surface area contributed by atoms with Crippen LogP contribution in [0.4, 0.5) is 0 Å². The molecule has 0 saturated carbocycles. The van der Waals surface area contributed by atoms with Gasteiger partial charge in [0, 0.05) is 45.2 Å². The minimum Gasteiger partial charge on any atom is -0.341 e. The molecular formula is C18H29N5O. The van der Waals surface area contributed by atoms with Crippen LogP contribution in [0, 0.1) is 5.92 Å². The number of nitrogens with zero attached hydrogens (tertiary/aromatic N) is 5. The molecule has 0 aliphatic carbocycles. The topological polar surface area (TPSA) is 54.3 Å². The molecule has 2 atom stereocenters. The fraction of sp³-hybridized carbons (Fsp3) is 0.722. The summed E-state index contributed by atoms with van der Waals surface area (Å²) in [5, 5.41) is 4.09. The standard InChI is InChI=1S/C18H29N5O/c1-15(2)7-9-21-10-16-5-6-17(21)12-22(11-16)18(24)4-3-8-23-14-19-13-20-23/h7,13-14,16-17H,3-6,8-12H2,1-2H3/t16-,17-/m0/s1. The van der Waals surface area contributed by atoms with E-state index in [-0.39, 0.29) is 0 Å². The molecule has 0 radical (unpaired) electrons. The lowest BCUT2D eigenvalue weighted by Crippen LogP contribution is -2.44. The summed E-state index contributed by atoms with van der Waals surface area (Å²) in [6, 6.07) is 0.526. The largest absolute Gasteiger partial charge is 0.341 e. The van der Waals surface area contributed by atoms with E-state index >= 15 is 0 Å². The van der Waals surface area contributed by atoms with Gasteiger partial charge in [0.25, 0.3) is 0 Å². The Bertz CT molecular complexity index is 564. The lowest BCUT2D eigenvalue weighted by Gasteiger charge is -2.35. The van der Waals surface area contributed by atoms with Gasteiger partial charge in [0.15, 0.2) is 0 Å². The summed E-state index contributed by atoms with van der Waals surface area (Å²) in [7, 11) is 0. The molecule has 6 heteroatoms. The molecule has 132 valence electrons. The van der Waals surface area contributed by atoms with E-state index < -0.39 is 0 Å². The van der Waals surface area contributed by atoms with Crippen LogP contribution in [0.25, 0.3) is 0 Å². The SMILES string of the molecule is CC(C)=CCN1C[C@@H]2CC[C@H]1CN(C(=O)CCCn1cncn1)C2. The Kier molecular flexibility index (Phi) is 5.66. The van der Waals surface area contributed by atoms with E-state index in [1.165, 1.54) is 24.7 Å². The van der Waals surface area contributed by atoms with Gasteiger partial charge in [-0.1, -0.05) is 11.6 Å². The highest BCUT2D eigenvalue weighted by Gasteiger charge is 2.35. The molecule has 3 saturated heterocycles. The number of carbonyl (C=O) groups excluding carboxylic acids is 1. The number of aromatic nitrogens is 3. The first-order valence-electron chi connectivity index (χ1n) is 9.09. The zero-order valence-electron chi connectivity index (χ0n) is 14.9. The number of hydrogen-bond acceptors (Lipinski definition) is 4. The Labute approximate surface area is 144 Å². The van der Waals surface area contributed by atoms with Crippen molar-refractivity contribution in [1.29, 1.82) is 0 Å². The Morgan fingerprint density at radius 3 is 2.88 bits per heavy atom. The van der Waals surface area contributed by atoms with Crippen molar-refractivity contribution in [2.24, 2.45) is 5.92 Å². The van der Waals surface area contributed by atoms with Crippen molar-refractivity contribution >= 4 is 5.91 Å². The summed E-state index contributed by atoms with van der Waals surface area (Å²) in [4.78, 5) is 21.2. The molecule has 4 rings (SSSR count). The summed E-state index contributed by atoms with van der Waals surface area (Å²) in [6.07, 6.45) is 9.48. The normalized spacial score (nSPS) is 24.0. The minimum atomic E-state index is 0.302. The first-order valence-corrected chi connectivity index (χ1v) is 9.09. The summed E-state index contributed by atoms with van der Waals surface area (Å²) >= 11 is 0. The van der Waals surface area contributed by atoms with Crippen molar-refractivity contribution in [3.05, 3.63) is 24.3 Å². The first-order chi connectivity index (χ1) is 11.6. The van der Waals surface area contributed by atoms with Gasteiger partial charge in [-0.25, -0.2) is 4.98 Å². The number of aryl methyl sites for hydroxylation is 1. The third-order valence-corrected chi connectivity index (χ3v) is 5.16. The molecule has 3 fully saturated rings. The molecule has 1 aromatic heterocycles. The van der Waals surface area contributed by atoms with E-state index in [1.807, 2.05) is 0 Å². The Balaban J connectivity index is 1.51. The Hall–Kier alpha value is -1.69. The minimum absolute atomic E-state index is 0.302. The van der Waals surface area contributed by atoms with Crippen LogP contribution in [0.5, 0.6) is 0 Å². The number of hydrogen-bond donors (Lipinski definition) is 0. The van der Waals surface area contributed by atoms with E-state index in [0.717, 1.165) is 39.1 Å². The highest BCUT2D eigenvalue weighted by Crippen LogP contribution is 2.28. The van der Waals surface area contributed by atoms with Crippen LogP contribution in [0.1, 0.15) is 39.5 Å². The number of carbonyl (C=O) groups is 1. The van der Waals surface area contributed by atoms with Crippen molar-refractivity contribution in [3.8, 4) is 0 Å². The molecular weight excluding hydrogens is 302 g/mol. The number of allylic oxidation sites excluding steroid dienone is 1. The van der Waals surface area contributed by atoms with Crippen molar-refractivity contribution in [2.75, 3.05) is 26.2 Å². The second kappa shape index (κ2) is 7.92. The number of amides is 1. The zero-order chi connectivity index (χ0) is 16.9.